The van der Waals surface area contributed by atoms with E-state index in [0.29, 0.717) is 17.3 Å². The van der Waals surface area contributed by atoms with Gasteiger partial charge in [-0.05, 0) is 18.9 Å². The molecule has 3 heteroatoms. The molecule has 1 rings (SSSR count). The van der Waals surface area contributed by atoms with Gasteiger partial charge in [0.05, 0.1) is 18.5 Å². The Morgan fingerprint density at radius 3 is 2.83 bits per heavy atom. The molecule has 0 saturated heterocycles. The third-order valence-corrected chi connectivity index (χ3v) is 1.45. The number of pyridine rings is 1. The second-order valence-electron chi connectivity index (χ2n) is 2.12. The summed E-state index contributed by atoms with van der Waals surface area (Å²) in [5.74, 6) is 0.553. The molecular weight excluding hydrogens is 152 g/mol. The fourth-order valence-electron chi connectivity index (χ4n) is 0.846. The molecule has 3 nitrogen and oxygen atoms in total. The van der Waals surface area contributed by atoms with Crippen LogP contribution in [0.4, 0.5) is 5.69 Å². The molecule has 1 aromatic heterocycles. The highest BCUT2D eigenvalue weighted by Crippen LogP contribution is 2.20. The van der Waals surface area contributed by atoms with Crippen LogP contribution in [0.25, 0.3) is 6.08 Å². The summed E-state index contributed by atoms with van der Waals surface area (Å²) in [6.45, 7) is 7.03. The molecule has 1 aromatic rings. The first-order chi connectivity index (χ1) is 5.81. The molecule has 0 spiro atoms. The smallest absolute Gasteiger partial charge is 0.213 e. The largest absolute Gasteiger partial charge is 0.481 e. The summed E-state index contributed by atoms with van der Waals surface area (Å²) in [7, 11) is 1.57. The number of methoxy groups -OCH3 is 1. The van der Waals surface area contributed by atoms with Crippen LogP contribution in [-0.2, 0) is 0 Å². The summed E-state index contributed by atoms with van der Waals surface area (Å²) >= 11 is 0. The molecule has 0 fully saturated rings. The number of aromatic nitrogens is 1. The number of hydrogen-bond acceptors (Lipinski definition) is 3. The molecule has 0 aliphatic rings. The maximum absolute atomic E-state index is 4.94. The number of hydrogen-bond donors (Lipinski definition) is 0. The van der Waals surface area contributed by atoms with Crippen LogP contribution < -0.4 is 4.74 Å². The van der Waals surface area contributed by atoms with Gasteiger partial charge >= 0.3 is 0 Å². The molecule has 0 N–H and O–H groups in total. The van der Waals surface area contributed by atoms with E-state index in [0.717, 1.165) is 0 Å². The lowest BCUT2D eigenvalue weighted by atomic mass is 10.3. The van der Waals surface area contributed by atoms with Crippen LogP contribution in [0.3, 0.4) is 0 Å². The average Bonchev–Trinajstić information content (AvgIpc) is 2.16. The minimum atomic E-state index is 0.553. The van der Waals surface area contributed by atoms with Gasteiger partial charge in [0.25, 0.3) is 0 Å². The third-order valence-electron chi connectivity index (χ3n) is 1.45. The van der Waals surface area contributed by atoms with E-state index in [1.54, 1.807) is 25.3 Å². The molecule has 0 amide bonds. The highest BCUT2D eigenvalue weighted by molar-refractivity contribution is 5.61. The normalized spacial score (nSPS) is 9.08. The molecule has 0 bridgehead atoms. The van der Waals surface area contributed by atoms with E-state index < -0.39 is 0 Å². The van der Waals surface area contributed by atoms with Crippen molar-refractivity contribution >= 4 is 18.5 Å². The lowest BCUT2D eigenvalue weighted by Gasteiger charge is -2.01. The zero-order chi connectivity index (χ0) is 8.97. The highest BCUT2D eigenvalue weighted by Gasteiger charge is 1.99. The van der Waals surface area contributed by atoms with Gasteiger partial charge in [-0.3, -0.25) is 4.99 Å². The summed E-state index contributed by atoms with van der Waals surface area (Å²) in [5.41, 5.74) is 1.40. The van der Waals surface area contributed by atoms with Gasteiger partial charge in [-0.1, -0.05) is 6.58 Å². The van der Waals surface area contributed by atoms with Crippen molar-refractivity contribution in [1.82, 2.24) is 4.98 Å². The van der Waals surface area contributed by atoms with E-state index in [9.17, 15) is 0 Å². The Bertz CT molecular complexity index is 307. The summed E-state index contributed by atoms with van der Waals surface area (Å²) in [4.78, 5) is 7.88. The van der Waals surface area contributed by atoms with Gasteiger partial charge in [0.1, 0.15) is 0 Å². The minimum Gasteiger partial charge on any atom is -0.481 e. The third kappa shape index (κ3) is 1.50. The van der Waals surface area contributed by atoms with E-state index in [1.165, 1.54) is 0 Å². The molecule has 0 aliphatic carbocycles. The predicted molar refractivity (Wildman–Crippen MR) is 50.1 cm³/mol. The van der Waals surface area contributed by atoms with Crippen LogP contribution in [0.2, 0.25) is 0 Å². The molecule has 1 heterocycles. The Hall–Kier alpha value is -1.64. The van der Waals surface area contributed by atoms with Gasteiger partial charge < -0.3 is 4.74 Å². The standard InChI is InChI=1S/C9H10N2O/c1-4-7-8(10-2)5-6-9(11-7)12-3/h4-6H,1-2H2,3H3. The first-order valence-corrected chi connectivity index (χ1v) is 3.46. The molecule has 62 valence electrons. The van der Waals surface area contributed by atoms with Gasteiger partial charge in [0.2, 0.25) is 5.88 Å². The molecule has 0 radical (unpaired) electrons. The van der Waals surface area contributed by atoms with Crippen molar-refractivity contribution in [2.45, 2.75) is 0 Å². The highest BCUT2D eigenvalue weighted by atomic mass is 16.5. The molecule has 12 heavy (non-hydrogen) atoms. The minimum absolute atomic E-state index is 0.553. The van der Waals surface area contributed by atoms with Crippen LogP contribution in [0, 0.1) is 0 Å². The Morgan fingerprint density at radius 1 is 1.58 bits per heavy atom. The first-order valence-electron chi connectivity index (χ1n) is 3.46. The Balaban J connectivity index is 3.18. The Kier molecular flexibility index (Phi) is 2.58. The summed E-state index contributed by atoms with van der Waals surface area (Å²) in [6, 6.07) is 3.52. The van der Waals surface area contributed by atoms with Crippen LogP contribution in [0.1, 0.15) is 5.69 Å². The average molecular weight is 162 g/mol. The summed E-state index contributed by atoms with van der Waals surface area (Å²) < 4.78 is 4.94. The monoisotopic (exact) mass is 162 g/mol. The van der Waals surface area contributed by atoms with E-state index in [2.05, 4.69) is 23.3 Å². The zero-order valence-corrected chi connectivity index (χ0v) is 6.95. The van der Waals surface area contributed by atoms with Crippen molar-refractivity contribution in [3.8, 4) is 5.88 Å². The number of aliphatic imine (C=N–C) groups is 1. The van der Waals surface area contributed by atoms with Crippen molar-refractivity contribution in [3.63, 3.8) is 0 Å². The van der Waals surface area contributed by atoms with E-state index >= 15 is 0 Å². The zero-order valence-electron chi connectivity index (χ0n) is 6.95. The molecule has 0 unspecified atom stereocenters. The number of nitrogens with zero attached hydrogens (tertiary/aromatic N) is 2. The topological polar surface area (TPSA) is 34.5 Å². The molecular formula is C9H10N2O. The van der Waals surface area contributed by atoms with Gasteiger partial charge in [0, 0.05) is 6.07 Å². The molecule has 0 aliphatic heterocycles. The van der Waals surface area contributed by atoms with Crippen molar-refractivity contribution < 1.29 is 4.74 Å². The fraction of sp³-hybridized carbons (Fsp3) is 0.111. The van der Waals surface area contributed by atoms with E-state index in [-0.39, 0.29) is 0 Å². The Labute approximate surface area is 71.4 Å². The van der Waals surface area contributed by atoms with Crippen molar-refractivity contribution in [1.29, 1.82) is 0 Å². The van der Waals surface area contributed by atoms with Crippen molar-refractivity contribution in [2.24, 2.45) is 4.99 Å². The molecule has 0 atom stereocenters. The van der Waals surface area contributed by atoms with Gasteiger partial charge in [-0.15, -0.1) is 0 Å². The SMILES string of the molecule is C=Cc1nc(OC)ccc1N=C. The molecule has 0 aromatic carbocycles. The second-order valence-corrected chi connectivity index (χ2v) is 2.12. The molecule has 0 saturated carbocycles. The lowest BCUT2D eigenvalue weighted by Crippen LogP contribution is -1.89. The van der Waals surface area contributed by atoms with E-state index in [4.69, 9.17) is 4.74 Å². The van der Waals surface area contributed by atoms with Crippen LogP contribution >= 0.6 is 0 Å². The first kappa shape index (κ1) is 8.46. The lowest BCUT2D eigenvalue weighted by molar-refractivity contribution is 0.397. The number of rotatable bonds is 3. The maximum atomic E-state index is 4.94. The fourth-order valence-corrected chi connectivity index (χ4v) is 0.846. The van der Waals surface area contributed by atoms with Crippen LogP contribution in [0.5, 0.6) is 5.88 Å². The Morgan fingerprint density at radius 2 is 2.33 bits per heavy atom. The summed E-state index contributed by atoms with van der Waals surface area (Å²) in [5, 5.41) is 0. The maximum Gasteiger partial charge on any atom is 0.213 e. The second kappa shape index (κ2) is 3.67. The predicted octanol–water partition coefficient (Wildman–Crippen LogP) is 2.07. The van der Waals surface area contributed by atoms with E-state index in [1.807, 2.05) is 0 Å². The number of ether oxygens (including phenoxy) is 1. The van der Waals surface area contributed by atoms with Gasteiger partial charge in [0.15, 0.2) is 0 Å². The van der Waals surface area contributed by atoms with Crippen molar-refractivity contribution in [3.05, 3.63) is 24.4 Å². The van der Waals surface area contributed by atoms with Gasteiger partial charge in [-0.2, -0.15) is 0 Å². The van der Waals surface area contributed by atoms with Crippen LogP contribution in [-0.4, -0.2) is 18.8 Å². The quantitative estimate of drug-likeness (QED) is 0.637. The van der Waals surface area contributed by atoms with Gasteiger partial charge in [-0.25, -0.2) is 4.98 Å². The van der Waals surface area contributed by atoms with Crippen molar-refractivity contribution in [2.75, 3.05) is 7.11 Å². The van der Waals surface area contributed by atoms with Crippen LogP contribution in [0.15, 0.2) is 23.7 Å². The summed E-state index contributed by atoms with van der Waals surface area (Å²) in [6.07, 6.45) is 1.62.